The van der Waals surface area contributed by atoms with E-state index in [0.717, 1.165) is 23.8 Å². The fraction of sp³-hybridized carbons (Fsp3) is 0.280. The number of rotatable bonds is 6. The Morgan fingerprint density at radius 1 is 0.938 bits per heavy atom. The monoisotopic (exact) mass is 475 g/mol. The Hall–Kier alpha value is -2.28. The van der Waals surface area contributed by atoms with Crippen LogP contribution in [0.3, 0.4) is 0 Å². The van der Waals surface area contributed by atoms with Crippen LogP contribution in [0.25, 0.3) is 0 Å². The van der Waals surface area contributed by atoms with Crippen molar-refractivity contribution in [2.45, 2.75) is 47.9 Å². The molecule has 0 aromatic heterocycles. The molecule has 0 unspecified atom stereocenters. The molecule has 3 aromatic carbocycles. The summed E-state index contributed by atoms with van der Waals surface area (Å²) in [7, 11) is -4.02. The maximum absolute atomic E-state index is 14.9. The lowest BCUT2D eigenvalue weighted by Crippen LogP contribution is -2.44. The Balaban J connectivity index is 1.66. The lowest BCUT2D eigenvalue weighted by atomic mass is 9.80. The van der Waals surface area contributed by atoms with E-state index in [0.29, 0.717) is 24.4 Å². The van der Waals surface area contributed by atoms with Crippen LogP contribution in [-0.4, -0.2) is 14.5 Å². The number of halogens is 3. The molecule has 3 nitrogen and oxygen atoms in total. The summed E-state index contributed by atoms with van der Waals surface area (Å²) in [4.78, 5) is 0.0567. The molecule has 1 fully saturated rings. The zero-order valence-electron chi connectivity index (χ0n) is 17.4. The third kappa shape index (κ3) is 4.45. The van der Waals surface area contributed by atoms with Crippen molar-refractivity contribution in [3.05, 3.63) is 101 Å². The fourth-order valence-corrected chi connectivity index (χ4v) is 6.81. The number of benzene rings is 3. The quantitative estimate of drug-likeness (QED) is 0.474. The van der Waals surface area contributed by atoms with Gasteiger partial charge in [-0.15, -0.1) is 0 Å². The summed E-state index contributed by atoms with van der Waals surface area (Å²) in [5.74, 6) is -1.36. The van der Waals surface area contributed by atoms with Crippen LogP contribution >= 0.6 is 11.6 Å². The maximum Gasteiger partial charge on any atom is 0.188 e. The highest BCUT2D eigenvalue weighted by molar-refractivity contribution is 7.92. The van der Waals surface area contributed by atoms with Gasteiger partial charge in [0.05, 0.1) is 4.90 Å². The molecule has 168 valence electrons. The number of sulfone groups is 1. The lowest BCUT2D eigenvalue weighted by molar-refractivity contribution is 0.301. The predicted octanol–water partition coefficient (Wildman–Crippen LogP) is 6.02. The van der Waals surface area contributed by atoms with Gasteiger partial charge in [0.25, 0.3) is 0 Å². The van der Waals surface area contributed by atoms with Gasteiger partial charge in [0.2, 0.25) is 0 Å². The first-order chi connectivity index (χ1) is 15.3. The zero-order valence-corrected chi connectivity index (χ0v) is 19.0. The lowest BCUT2D eigenvalue weighted by Gasteiger charge is -2.40. The molecule has 0 spiro atoms. The van der Waals surface area contributed by atoms with Crippen molar-refractivity contribution in [1.82, 2.24) is 5.32 Å². The molecule has 0 aliphatic heterocycles. The van der Waals surface area contributed by atoms with Crippen LogP contribution in [0, 0.1) is 11.6 Å². The molecule has 0 atom stereocenters. The van der Waals surface area contributed by atoms with E-state index < -0.39 is 26.2 Å². The minimum absolute atomic E-state index is 0.0567. The Bertz CT molecular complexity index is 1180. The average Bonchev–Trinajstić information content (AvgIpc) is 2.80. The van der Waals surface area contributed by atoms with Crippen LogP contribution in [0.15, 0.2) is 77.7 Å². The second-order valence-corrected chi connectivity index (χ2v) is 10.9. The van der Waals surface area contributed by atoms with Gasteiger partial charge in [-0.05, 0) is 73.7 Å². The molecule has 1 saturated carbocycles. The topological polar surface area (TPSA) is 46.2 Å². The Kier molecular flexibility index (Phi) is 6.65. The fourth-order valence-electron chi connectivity index (χ4n) is 4.52. The van der Waals surface area contributed by atoms with E-state index in [1.54, 1.807) is 0 Å². The minimum Gasteiger partial charge on any atom is -0.310 e. The van der Waals surface area contributed by atoms with Gasteiger partial charge >= 0.3 is 0 Å². The van der Waals surface area contributed by atoms with Crippen molar-refractivity contribution >= 4 is 21.4 Å². The number of hydrogen-bond acceptors (Lipinski definition) is 3. The van der Waals surface area contributed by atoms with Crippen molar-refractivity contribution in [3.63, 3.8) is 0 Å². The first-order valence-corrected chi connectivity index (χ1v) is 12.4. The zero-order chi connectivity index (χ0) is 22.8. The molecular weight excluding hydrogens is 452 g/mol. The van der Waals surface area contributed by atoms with Crippen LogP contribution in [0.5, 0.6) is 0 Å². The van der Waals surface area contributed by atoms with Gasteiger partial charge < -0.3 is 5.32 Å². The molecule has 1 aliphatic carbocycles. The van der Waals surface area contributed by atoms with E-state index in [9.17, 15) is 17.2 Å². The van der Waals surface area contributed by atoms with Crippen molar-refractivity contribution in [2.24, 2.45) is 0 Å². The molecular formula is C25H24ClF2NO2S. The Morgan fingerprint density at radius 2 is 1.59 bits per heavy atom. The van der Waals surface area contributed by atoms with Gasteiger partial charge in [0.1, 0.15) is 16.4 Å². The van der Waals surface area contributed by atoms with Gasteiger partial charge in [-0.2, -0.15) is 0 Å². The van der Waals surface area contributed by atoms with Crippen molar-refractivity contribution in [2.75, 3.05) is 0 Å². The van der Waals surface area contributed by atoms with E-state index in [4.69, 9.17) is 11.6 Å². The first kappa shape index (κ1) is 22.9. The van der Waals surface area contributed by atoms with Gasteiger partial charge in [-0.1, -0.05) is 41.9 Å². The SMILES string of the molecule is O=S(=O)(c1ccc(Cl)cc1)C1(c2cc(F)ccc2F)CCC(NCc2ccccc2)CC1. The molecule has 0 saturated heterocycles. The van der Waals surface area contributed by atoms with Crippen LogP contribution in [0.4, 0.5) is 8.78 Å². The predicted molar refractivity (Wildman–Crippen MR) is 122 cm³/mol. The average molecular weight is 476 g/mol. The van der Waals surface area contributed by atoms with Gasteiger partial charge in [-0.25, -0.2) is 17.2 Å². The highest BCUT2D eigenvalue weighted by Gasteiger charge is 2.50. The van der Waals surface area contributed by atoms with Crippen molar-refractivity contribution in [3.8, 4) is 0 Å². The number of nitrogens with one attached hydrogen (secondary N) is 1. The summed E-state index contributed by atoms with van der Waals surface area (Å²) in [6.07, 6.45) is 1.42. The van der Waals surface area contributed by atoms with E-state index >= 15 is 0 Å². The summed E-state index contributed by atoms with van der Waals surface area (Å²) in [5, 5.41) is 3.88. The molecule has 1 aliphatic rings. The van der Waals surface area contributed by atoms with Crippen molar-refractivity contribution < 1.29 is 17.2 Å². The summed E-state index contributed by atoms with van der Waals surface area (Å²) in [6.45, 7) is 0.663. The standard InChI is InChI=1S/C25H24ClF2NO2S/c26-19-6-9-22(10-7-19)32(30,31)25(23-16-20(27)8-11-24(23)28)14-12-21(13-15-25)29-17-18-4-2-1-3-5-18/h1-11,16,21,29H,12-15,17H2. The molecule has 0 amide bonds. The summed E-state index contributed by atoms with van der Waals surface area (Å²) in [6, 6.07) is 18.9. The van der Waals surface area contributed by atoms with E-state index in [1.165, 1.54) is 24.3 Å². The third-order valence-electron chi connectivity index (χ3n) is 6.29. The molecule has 4 rings (SSSR count). The minimum atomic E-state index is -4.02. The smallest absolute Gasteiger partial charge is 0.188 e. The van der Waals surface area contributed by atoms with Crippen LogP contribution < -0.4 is 5.32 Å². The molecule has 32 heavy (non-hydrogen) atoms. The Labute approximate surface area is 192 Å². The highest BCUT2D eigenvalue weighted by atomic mass is 35.5. The molecule has 0 bridgehead atoms. The van der Waals surface area contributed by atoms with Gasteiger partial charge in [0, 0.05) is 23.2 Å². The summed E-state index contributed by atoms with van der Waals surface area (Å²) < 4.78 is 55.1. The van der Waals surface area contributed by atoms with Crippen LogP contribution in [0.1, 0.15) is 36.8 Å². The first-order valence-electron chi connectivity index (χ1n) is 10.5. The highest BCUT2D eigenvalue weighted by Crippen LogP contribution is 2.48. The van der Waals surface area contributed by atoms with E-state index in [2.05, 4.69) is 5.32 Å². The molecule has 1 N–H and O–H groups in total. The second-order valence-electron chi connectivity index (χ2n) is 8.22. The van der Waals surface area contributed by atoms with Crippen LogP contribution in [-0.2, 0) is 21.1 Å². The molecule has 0 radical (unpaired) electrons. The third-order valence-corrected chi connectivity index (χ3v) is 9.09. The van der Waals surface area contributed by atoms with E-state index in [1.807, 2.05) is 30.3 Å². The van der Waals surface area contributed by atoms with Crippen molar-refractivity contribution in [1.29, 1.82) is 0 Å². The van der Waals surface area contributed by atoms with Gasteiger partial charge in [0.15, 0.2) is 9.84 Å². The normalized spacial score (nSPS) is 21.4. The molecule has 7 heteroatoms. The largest absolute Gasteiger partial charge is 0.310 e. The summed E-state index contributed by atoms with van der Waals surface area (Å²) in [5.41, 5.74) is 1.03. The Morgan fingerprint density at radius 3 is 2.25 bits per heavy atom. The number of hydrogen-bond donors (Lipinski definition) is 1. The van der Waals surface area contributed by atoms with E-state index in [-0.39, 0.29) is 29.3 Å². The van der Waals surface area contributed by atoms with Gasteiger partial charge in [-0.3, -0.25) is 0 Å². The molecule has 3 aromatic rings. The second kappa shape index (κ2) is 9.30. The molecule has 0 heterocycles. The maximum atomic E-state index is 14.9. The van der Waals surface area contributed by atoms with Crippen LogP contribution in [0.2, 0.25) is 5.02 Å². The summed E-state index contributed by atoms with van der Waals surface area (Å²) >= 11 is 5.94.